The molecule has 2 aromatic heterocycles. The van der Waals surface area contributed by atoms with Crippen molar-refractivity contribution >= 4 is 11.6 Å². The second kappa shape index (κ2) is 4.57. The fourth-order valence-electron chi connectivity index (χ4n) is 1.41. The first-order chi connectivity index (χ1) is 7.65. The molecule has 2 heterocycles. The molecule has 0 saturated heterocycles. The van der Waals surface area contributed by atoms with Gasteiger partial charge in [0, 0.05) is 5.69 Å². The highest BCUT2D eigenvalue weighted by atomic mass is 35.5. The summed E-state index contributed by atoms with van der Waals surface area (Å²) in [5.41, 5.74) is 1.53. The number of rotatable bonds is 3. The first kappa shape index (κ1) is 11.0. The first-order valence-corrected chi connectivity index (χ1v) is 5.42. The fraction of sp³-hybridized carbons (Fsp3) is 0.400. The van der Waals surface area contributed by atoms with E-state index in [2.05, 4.69) is 39.2 Å². The lowest BCUT2D eigenvalue weighted by molar-refractivity contribution is 0.634. The van der Waals surface area contributed by atoms with E-state index in [-0.39, 0.29) is 0 Å². The third kappa shape index (κ3) is 2.55. The molecule has 6 heteroatoms. The predicted octanol–water partition coefficient (Wildman–Crippen LogP) is 2.11. The van der Waals surface area contributed by atoms with Gasteiger partial charge in [-0.3, -0.25) is 0 Å². The third-order valence-corrected chi connectivity index (χ3v) is 2.20. The average molecular weight is 238 g/mol. The third-order valence-electron chi connectivity index (χ3n) is 2.01. The fourth-order valence-corrected chi connectivity index (χ4v) is 1.62. The van der Waals surface area contributed by atoms with E-state index in [4.69, 9.17) is 11.6 Å². The topological polar surface area (TPSA) is 67.3 Å². The van der Waals surface area contributed by atoms with Gasteiger partial charge in [-0.15, -0.1) is 0 Å². The minimum absolute atomic E-state index is 0.434. The van der Waals surface area contributed by atoms with Crippen molar-refractivity contribution < 1.29 is 0 Å². The van der Waals surface area contributed by atoms with Crippen molar-refractivity contribution in [1.82, 2.24) is 25.4 Å². The highest BCUT2D eigenvalue weighted by Crippen LogP contribution is 2.16. The van der Waals surface area contributed by atoms with Gasteiger partial charge >= 0.3 is 0 Å². The summed E-state index contributed by atoms with van der Waals surface area (Å²) >= 11 is 5.94. The van der Waals surface area contributed by atoms with E-state index in [9.17, 15) is 0 Å². The van der Waals surface area contributed by atoms with Crippen molar-refractivity contribution in [2.45, 2.75) is 20.3 Å². The van der Waals surface area contributed by atoms with Crippen LogP contribution < -0.4 is 0 Å². The molecule has 0 unspecified atom stereocenters. The monoisotopic (exact) mass is 237 g/mol. The van der Waals surface area contributed by atoms with Gasteiger partial charge in [-0.05, 0) is 18.4 Å². The van der Waals surface area contributed by atoms with Crippen molar-refractivity contribution in [3.05, 3.63) is 23.1 Å². The quantitative estimate of drug-likeness (QED) is 0.831. The summed E-state index contributed by atoms with van der Waals surface area (Å²) in [4.78, 5) is 8.51. The molecule has 0 aliphatic carbocycles. The van der Waals surface area contributed by atoms with Crippen molar-refractivity contribution in [3.8, 4) is 11.5 Å². The minimum Gasteiger partial charge on any atom is -0.232 e. The van der Waals surface area contributed by atoms with Gasteiger partial charge in [0.15, 0.2) is 5.82 Å². The van der Waals surface area contributed by atoms with Gasteiger partial charge in [0.2, 0.25) is 0 Å². The zero-order chi connectivity index (χ0) is 11.5. The number of halogens is 1. The average Bonchev–Trinajstić information content (AvgIpc) is 2.67. The second-order valence-electron chi connectivity index (χ2n) is 3.96. The van der Waals surface area contributed by atoms with E-state index >= 15 is 0 Å². The Bertz CT molecular complexity index is 466. The molecule has 0 amide bonds. The molecular formula is C10H12ClN5. The molecule has 16 heavy (non-hydrogen) atoms. The molecule has 0 atom stereocenters. The lowest BCUT2D eigenvalue weighted by atomic mass is 10.1. The summed E-state index contributed by atoms with van der Waals surface area (Å²) in [6.45, 7) is 4.26. The maximum atomic E-state index is 5.94. The summed E-state index contributed by atoms with van der Waals surface area (Å²) < 4.78 is 0. The SMILES string of the molecule is CC(C)Cc1cc(Cl)nc(-c2cn[nH]n2)n1. The number of hydrogen-bond donors (Lipinski definition) is 1. The van der Waals surface area contributed by atoms with Crippen molar-refractivity contribution in [2.24, 2.45) is 5.92 Å². The molecular weight excluding hydrogens is 226 g/mol. The Balaban J connectivity index is 2.36. The van der Waals surface area contributed by atoms with Gasteiger partial charge in [-0.25, -0.2) is 9.97 Å². The number of nitrogens with one attached hydrogen (secondary N) is 1. The van der Waals surface area contributed by atoms with Crippen LogP contribution in [0.2, 0.25) is 5.15 Å². The Morgan fingerprint density at radius 3 is 2.81 bits per heavy atom. The molecule has 0 aliphatic heterocycles. The molecule has 1 N–H and O–H groups in total. The van der Waals surface area contributed by atoms with E-state index < -0.39 is 0 Å². The van der Waals surface area contributed by atoms with Gasteiger partial charge < -0.3 is 0 Å². The predicted molar refractivity (Wildman–Crippen MR) is 61.0 cm³/mol. The molecule has 0 aliphatic rings. The van der Waals surface area contributed by atoms with Gasteiger partial charge in [0.25, 0.3) is 0 Å². The molecule has 0 radical (unpaired) electrons. The van der Waals surface area contributed by atoms with Gasteiger partial charge in [-0.2, -0.15) is 15.4 Å². The molecule has 0 spiro atoms. The number of aromatic nitrogens is 5. The van der Waals surface area contributed by atoms with Crippen LogP contribution in [0, 0.1) is 5.92 Å². The standard InChI is InChI=1S/C10H12ClN5/c1-6(2)3-7-4-9(11)14-10(13-7)8-5-12-16-15-8/h4-6H,3H2,1-2H3,(H,12,15,16). The second-order valence-corrected chi connectivity index (χ2v) is 4.35. The van der Waals surface area contributed by atoms with Crippen molar-refractivity contribution in [1.29, 1.82) is 0 Å². The van der Waals surface area contributed by atoms with Crippen LogP contribution in [0.3, 0.4) is 0 Å². The Labute approximate surface area is 98.3 Å². The Hall–Kier alpha value is -1.49. The van der Waals surface area contributed by atoms with Gasteiger partial charge in [-0.1, -0.05) is 25.4 Å². The van der Waals surface area contributed by atoms with E-state index in [0.717, 1.165) is 12.1 Å². The highest BCUT2D eigenvalue weighted by Gasteiger charge is 2.09. The van der Waals surface area contributed by atoms with Crippen LogP contribution in [0.4, 0.5) is 0 Å². The number of nitrogens with zero attached hydrogens (tertiary/aromatic N) is 4. The zero-order valence-electron chi connectivity index (χ0n) is 9.11. The summed E-state index contributed by atoms with van der Waals surface area (Å²) in [5.74, 6) is 1.04. The minimum atomic E-state index is 0.434. The van der Waals surface area contributed by atoms with Gasteiger partial charge in [0.05, 0.1) is 6.20 Å². The Morgan fingerprint density at radius 1 is 1.38 bits per heavy atom. The van der Waals surface area contributed by atoms with Crippen LogP contribution in [-0.2, 0) is 6.42 Å². The van der Waals surface area contributed by atoms with E-state index in [1.54, 1.807) is 12.3 Å². The molecule has 5 nitrogen and oxygen atoms in total. The molecule has 0 saturated carbocycles. The number of H-pyrrole nitrogens is 1. The largest absolute Gasteiger partial charge is 0.232 e. The van der Waals surface area contributed by atoms with Crippen LogP contribution in [0.25, 0.3) is 11.5 Å². The molecule has 0 bridgehead atoms. The molecule has 84 valence electrons. The molecule has 2 aromatic rings. The maximum Gasteiger partial charge on any atom is 0.183 e. The summed E-state index contributed by atoms with van der Waals surface area (Å²) in [6, 6.07) is 1.78. The molecule has 2 rings (SSSR count). The van der Waals surface area contributed by atoms with E-state index in [1.807, 2.05) is 0 Å². The number of aromatic amines is 1. The zero-order valence-corrected chi connectivity index (χ0v) is 9.86. The first-order valence-electron chi connectivity index (χ1n) is 5.04. The summed E-state index contributed by atoms with van der Waals surface area (Å²) in [5, 5.41) is 10.6. The smallest absolute Gasteiger partial charge is 0.183 e. The van der Waals surface area contributed by atoms with Gasteiger partial charge in [0.1, 0.15) is 10.8 Å². The van der Waals surface area contributed by atoms with Crippen molar-refractivity contribution in [3.63, 3.8) is 0 Å². The van der Waals surface area contributed by atoms with E-state index in [0.29, 0.717) is 22.6 Å². The molecule has 0 fully saturated rings. The number of hydrogen-bond acceptors (Lipinski definition) is 4. The maximum absolute atomic E-state index is 5.94. The van der Waals surface area contributed by atoms with E-state index in [1.165, 1.54) is 0 Å². The Morgan fingerprint density at radius 2 is 2.19 bits per heavy atom. The van der Waals surface area contributed by atoms with Crippen LogP contribution in [0.1, 0.15) is 19.5 Å². The van der Waals surface area contributed by atoms with Crippen LogP contribution >= 0.6 is 11.6 Å². The lowest BCUT2D eigenvalue weighted by Crippen LogP contribution is -2.00. The Kier molecular flexibility index (Phi) is 3.14. The van der Waals surface area contributed by atoms with Crippen LogP contribution in [-0.4, -0.2) is 25.4 Å². The highest BCUT2D eigenvalue weighted by molar-refractivity contribution is 6.29. The summed E-state index contributed by atoms with van der Waals surface area (Å²) in [7, 11) is 0. The van der Waals surface area contributed by atoms with Crippen LogP contribution in [0.5, 0.6) is 0 Å². The lowest BCUT2D eigenvalue weighted by Gasteiger charge is -2.05. The normalized spacial score (nSPS) is 11.0. The molecule has 0 aromatic carbocycles. The van der Waals surface area contributed by atoms with Crippen molar-refractivity contribution in [2.75, 3.05) is 0 Å². The van der Waals surface area contributed by atoms with Crippen LogP contribution in [0.15, 0.2) is 12.3 Å². The summed E-state index contributed by atoms with van der Waals surface area (Å²) in [6.07, 6.45) is 2.44.